The minimum Gasteiger partial charge on any atom is -0.299 e. The molecule has 0 aromatic heterocycles. The first-order valence-electron chi connectivity index (χ1n) is 7.25. The Morgan fingerprint density at radius 1 is 1.06 bits per heavy atom. The predicted molar refractivity (Wildman–Crippen MR) is 69.7 cm³/mol. The lowest BCUT2D eigenvalue weighted by Crippen LogP contribution is -2.49. The van der Waals surface area contributed by atoms with Gasteiger partial charge in [-0.2, -0.15) is 0 Å². The fourth-order valence-electron chi connectivity index (χ4n) is 5.04. The van der Waals surface area contributed by atoms with E-state index in [-0.39, 0.29) is 5.41 Å². The molecule has 0 N–H and O–H groups in total. The van der Waals surface area contributed by atoms with Gasteiger partial charge in [0.2, 0.25) is 0 Å². The second-order valence-corrected chi connectivity index (χ2v) is 7.08. The first kappa shape index (κ1) is 11.5. The zero-order valence-electron chi connectivity index (χ0n) is 11.0. The van der Waals surface area contributed by atoms with E-state index in [0.29, 0.717) is 5.78 Å². The Labute approximate surface area is 105 Å². The van der Waals surface area contributed by atoms with Crippen LogP contribution >= 0.6 is 0 Å². The van der Waals surface area contributed by atoms with Gasteiger partial charge in [0.05, 0.1) is 0 Å². The zero-order chi connectivity index (χ0) is 12.0. The highest BCUT2D eigenvalue weighted by molar-refractivity contribution is 5.85. The van der Waals surface area contributed by atoms with E-state index in [4.69, 9.17) is 0 Å². The van der Waals surface area contributed by atoms with E-state index < -0.39 is 0 Å². The minimum absolute atomic E-state index is 0.115. The fraction of sp³-hybridized carbons (Fsp3) is 0.812. The molecule has 1 nitrogen and oxygen atoms in total. The maximum atomic E-state index is 12.6. The molecule has 0 unspecified atom stereocenters. The summed E-state index contributed by atoms with van der Waals surface area (Å²) in [5.74, 6) is 3.22. The van der Waals surface area contributed by atoms with Crippen molar-refractivity contribution in [3.8, 4) is 0 Å². The number of carbonyl (C=O) groups is 1. The molecule has 0 aromatic carbocycles. The van der Waals surface area contributed by atoms with Gasteiger partial charge >= 0.3 is 0 Å². The second-order valence-electron chi connectivity index (χ2n) is 7.08. The Bertz CT molecular complexity index is 317. The molecule has 0 aromatic rings. The fourth-order valence-corrected chi connectivity index (χ4v) is 5.04. The molecule has 94 valence electrons. The highest BCUT2D eigenvalue weighted by Crippen LogP contribution is 2.60. The van der Waals surface area contributed by atoms with Crippen LogP contribution < -0.4 is 0 Å². The first-order valence-corrected chi connectivity index (χ1v) is 7.25. The van der Waals surface area contributed by atoms with Gasteiger partial charge in [0, 0.05) is 11.8 Å². The van der Waals surface area contributed by atoms with Crippen LogP contribution in [0.15, 0.2) is 12.2 Å². The smallest absolute Gasteiger partial charge is 0.139 e. The van der Waals surface area contributed by atoms with Gasteiger partial charge in [-0.25, -0.2) is 0 Å². The van der Waals surface area contributed by atoms with Gasteiger partial charge in [-0.15, -0.1) is 6.58 Å². The number of Topliss-reactive ketones (excluding diaryl/α,β-unsaturated/α-hetero) is 1. The molecule has 1 heteroatoms. The number of allylic oxidation sites excluding steroid dienone is 1. The SMILES string of the molecule is C=C(C)CCC(=O)C12CC3CC(CC(C3)C1)C2. The van der Waals surface area contributed by atoms with Crippen LogP contribution in [-0.4, -0.2) is 5.78 Å². The van der Waals surface area contributed by atoms with Gasteiger partial charge in [-0.3, -0.25) is 4.79 Å². The highest BCUT2D eigenvalue weighted by Gasteiger charge is 2.53. The van der Waals surface area contributed by atoms with E-state index in [1.54, 1.807) is 0 Å². The maximum absolute atomic E-state index is 12.6. The molecular formula is C16H24O. The van der Waals surface area contributed by atoms with Gasteiger partial charge in [0.1, 0.15) is 5.78 Å². The molecule has 0 aliphatic heterocycles. The Morgan fingerprint density at radius 2 is 1.53 bits per heavy atom. The molecule has 4 aliphatic rings. The van der Waals surface area contributed by atoms with Gasteiger partial charge in [-0.1, -0.05) is 5.57 Å². The van der Waals surface area contributed by atoms with Crippen molar-refractivity contribution in [2.45, 2.75) is 58.3 Å². The third-order valence-corrected chi connectivity index (χ3v) is 5.41. The number of rotatable bonds is 4. The third-order valence-electron chi connectivity index (χ3n) is 5.41. The van der Waals surface area contributed by atoms with Crippen LogP contribution in [0.5, 0.6) is 0 Å². The largest absolute Gasteiger partial charge is 0.299 e. The molecule has 4 bridgehead atoms. The van der Waals surface area contributed by atoms with Crippen molar-refractivity contribution < 1.29 is 4.79 Å². The summed E-state index contributed by atoms with van der Waals surface area (Å²) >= 11 is 0. The molecule has 0 amide bonds. The van der Waals surface area contributed by atoms with E-state index in [0.717, 1.165) is 36.2 Å². The number of hydrogen-bond acceptors (Lipinski definition) is 1. The van der Waals surface area contributed by atoms with E-state index in [1.165, 1.54) is 38.5 Å². The summed E-state index contributed by atoms with van der Waals surface area (Å²) < 4.78 is 0. The number of ketones is 1. The van der Waals surface area contributed by atoms with E-state index >= 15 is 0 Å². The lowest BCUT2D eigenvalue weighted by molar-refractivity contribution is -0.143. The molecule has 17 heavy (non-hydrogen) atoms. The molecule has 4 saturated carbocycles. The normalized spacial score (nSPS) is 42.8. The zero-order valence-corrected chi connectivity index (χ0v) is 11.0. The van der Waals surface area contributed by atoms with Crippen LogP contribution in [0.4, 0.5) is 0 Å². The molecule has 4 aliphatic carbocycles. The molecule has 4 fully saturated rings. The van der Waals surface area contributed by atoms with Crippen LogP contribution in [0.1, 0.15) is 58.3 Å². The Hall–Kier alpha value is -0.590. The highest BCUT2D eigenvalue weighted by atomic mass is 16.1. The maximum Gasteiger partial charge on any atom is 0.139 e. The Morgan fingerprint density at radius 3 is 1.94 bits per heavy atom. The summed E-state index contributed by atoms with van der Waals surface area (Å²) in [6.07, 6.45) is 9.57. The van der Waals surface area contributed by atoms with Crippen LogP contribution in [-0.2, 0) is 4.79 Å². The molecule has 4 rings (SSSR count). The lowest BCUT2D eigenvalue weighted by atomic mass is 9.48. The quantitative estimate of drug-likeness (QED) is 0.666. The molecule has 0 radical (unpaired) electrons. The molecule has 0 saturated heterocycles. The summed E-state index contributed by atoms with van der Waals surface area (Å²) in [7, 11) is 0. The van der Waals surface area contributed by atoms with Crippen LogP contribution in [0.3, 0.4) is 0 Å². The van der Waals surface area contributed by atoms with Crippen LogP contribution in [0, 0.1) is 23.2 Å². The van der Waals surface area contributed by atoms with Crippen molar-refractivity contribution in [2.24, 2.45) is 23.2 Å². The van der Waals surface area contributed by atoms with Crippen molar-refractivity contribution in [2.75, 3.05) is 0 Å². The van der Waals surface area contributed by atoms with Gasteiger partial charge in [-0.05, 0) is 69.6 Å². The van der Waals surface area contributed by atoms with Crippen molar-refractivity contribution in [1.29, 1.82) is 0 Å². The first-order chi connectivity index (χ1) is 8.07. The Kier molecular flexibility index (Phi) is 2.68. The summed E-state index contributed by atoms with van der Waals surface area (Å²) in [6, 6.07) is 0. The number of carbonyl (C=O) groups excluding carboxylic acids is 1. The van der Waals surface area contributed by atoms with Crippen LogP contribution in [0.25, 0.3) is 0 Å². The standard InChI is InChI=1S/C16H24O/c1-11(2)3-4-15(17)16-8-12-5-13(9-16)7-14(6-12)10-16/h12-14H,1,3-10H2,2H3. The molecule has 0 heterocycles. The van der Waals surface area contributed by atoms with Gasteiger partial charge < -0.3 is 0 Å². The van der Waals surface area contributed by atoms with E-state index in [2.05, 4.69) is 6.58 Å². The minimum atomic E-state index is 0.115. The molecular weight excluding hydrogens is 208 g/mol. The topological polar surface area (TPSA) is 17.1 Å². The summed E-state index contributed by atoms with van der Waals surface area (Å²) in [4.78, 5) is 12.6. The number of hydrogen-bond donors (Lipinski definition) is 0. The van der Waals surface area contributed by atoms with Gasteiger partial charge in [0.15, 0.2) is 0 Å². The van der Waals surface area contributed by atoms with Gasteiger partial charge in [0.25, 0.3) is 0 Å². The van der Waals surface area contributed by atoms with Crippen LogP contribution in [0.2, 0.25) is 0 Å². The van der Waals surface area contributed by atoms with Crippen molar-refractivity contribution in [3.63, 3.8) is 0 Å². The average molecular weight is 232 g/mol. The summed E-state index contributed by atoms with van der Waals surface area (Å²) in [5.41, 5.74) is 1.27. The second kappa shape index (κ2) is 3.96. The average Bonchev–Trinajstić information content (AvgIpc) is 2.23. The van der Waals surface area contributed by atoms with Crippen molar-refractivity contribution >= 4 is 5.78 Å². The summed E-state index contributed by atoms with van der Waals surface area (Å²) in [6.45, 7) is 5.96. The van der Waals surface area contributed by atoms with E-state index in [1.807, 2.05) is 6.92 Å². The molecule has 0 spiro atoms. The summed E-state index contributed by atoms with van der Waals surface area (Å²) in [5, 5.41) is 0. The monoisotopic (exact) mass is 232 g/mol. The third kappa shape index (κ3) is 1.98. The lowest BCUT2D eigenvalue weighted by Gasteiger charge is -2.56. The van der Waals surface area contributed by atoms with E-state index in [9.17, 15) is 4.79 Å². The molecule has 0 atom stereocenters. The predicted octanol–water partition coefficient (Wildman–Crippen LogP) is 4.13. The van der Waals surface area contributed by atoms with Crippen molar-refractivity contribution in [1.82, 2.24) is 0 Å². The van der Waals surface area contributed by atoms with Crippen molar-refractivity contribution in [3.05, 3.63) is 12.2 Å². The Balaban J connectivity index is 1.73.